The van der Waals surface area contributed by atoms with E-state index in [1.165, 1.54) is 0 Å². The van der Waals surface area contributed by atoms with Crippen molar-refractivity contribution in [1.29, 1.82) is 0 Å². The van der Waals surface area contributed by atoms with E-state index in [9.17, 15) is 9.59 Å². The fourth-order valence-electron chi connectivity index (χ4n) is 2.45. The summed E-state index contributed by atoms with van der Waals surface area (Å²) < 4.78 is 5.26. The first-order valence-electron chi connectivity index (χ1n) is 7.25. The number of amides is 1. The van der Waals surface area contributed by atoms with Crippen LogP contribution in [-0.2, 0) is 9.53 Å². The lowest BCUT2D eigenvalue weighted by Crippen LogP contribution is -2.43. The minimum absolute atomic E-state index is 0.0925. The van der Waals surface area contributed by atoms with Crippen molar-refractivity contribution < 1.29 is 14.3 Å². The quantitative estimate of drug-likeness (QED) is 0.792. The maximum absolute atomic E-state index is 12.2. The molecule has 1 aliphatic heterocycles. The lowest BCUT2D eigenvalue weighted by molar-refractivity contribution is -0.126. The first kappa shape index (κ1) is 14.6. The van der Waals surface area contributed by atoms with Crippen LogP contribution in [0.3, 0.4) is 0 Å². The molecule has 0 saturated carbocycles. The van der Waals surface area contributed by atoms with Gasteiger partial charge in [-0.1, -0.05) is 43.7 Å². The van der Waals surface area contributed by atoms with Crippen molar-refractivity contribution in [3.63, 3.8) is 0 Å². The van der Waals surface area contributed by atoms with Gasteiger partial charge in [0.15, 0.2) is 5.78 Å². The number of ketones is 1. The monoisotopic (exact) mass is 275 g/mol. The molecular formula is C16H21NO3. The van der Waals surface area contributed by atoms with Crippen LogP contribution >= 0.6 is 0 Å². The lowest BCUT2D eigenvalue weighted by Gasteiger charge is -2.34. The Balaban J connectivity index is 2.12. The van der Waals surface area contributed by atoms with E-state index in [0.29, 0.717) is 26.0 Å². The first-order chi connectivity index (χ1) is 9.74. The van der Waals surface area contributed by atoms with E-state index >= 15 is 0 Å². The summed E-state index contributed by atoms with van der Waals surface area (Å²) in [5, 5.41) is 0. The summed E-state index contributed by atoms with van der Waals surface area (Å²) in [6.45, 7) is 3.04. The normalized spacial score (nSPS) is 18.9. The second kappa shape index (κ2) is 7.08. The third kappa shape index (κ3) is 3.38. The zero-order chi connectivity index (χ0) is 14.4. The zero-order valence-electron chi connectivity index (χ0n) is 11.9. The highest BCUT2D eigenvalue weighted by molar-refractivity contribution is 5.89. The van der Waals surface area contributed by atoms with Gasteiger partial charge < -0.3 is 4.74 Å². The van der Waals surface area contributed by atoms with Gasteiger partial charge in [0, 0.05) is 13.0 Å². The summed E-state index contributed by atoms with van der Waals surface area (Å²) in [6, 6.07) is 8.97. The number of benzene rings is 1. The molecule has 0 aromatic heterocycles. The number of nitrogens with zero attached hydrogens (tertiary/aromatic N) is 1. The number of ether oxygens (including phenoxy) is 1. The van der Waals surface area contributed by atoms with Crippen molar-refractivity contribution in [1.82, 2.24) is 4.90 Å². The molecule has 1 amide bonds. The maximum Gasteiger partial charge on any atom is 0.410 e. The molecule has 0 N–H and O–H groups in total. The predicted molar refractivity (Wildman–Crippen MR) is 76.4 cm³/mol. The van der Waals surface area contributed by atoms with Gasteiger partial charge in [0.25, 0.3) is 0 Å². The smallest absolute Gasteiger partial charge is 0.410 e. The molecule has 20 heavy (non-hydrogen) atoms. The second-order valence-corrected chi connectivity index (χ2v) is 5.04. The molecule has 0 radical (unpaired) electrons. The summed E-state index contributed by atoms with van der Waals surface area (Å²) in [7, 11) is 0. The van der Waals surface area contributed by atoms with Crippen LogP contribution < -0.4 is 0 Å². The Morgan fingerprint density at radius 3 is 2.80 bits per heavy atom. The fraction of sp³-hybridized carbons (Fsp3) is 0.500. The molecule has 0 spiro atoms. The molecule has 1 aliphatic rings. The largest absolute Gasteiger partial charge is 0.449 e. The van der Waals surface area contributed by atoms with Crippen molar-refractivity contribution >= 4 is 11.9 Å². The number of unbranched alkanes of at least 4 members (excludes halogenated alkanes) is 1. The van der Waals surface area contributed by atoms with Crippen LogP contribution in [0.4, 0.5) is 4.79 Å². The van der Waals surface area contributed by atoms with Crippen molar-refractivity contribution in [2.75, 3.05) is 13.2 Å². The Labute approximate surface area is 119 Å². The van der Waals surface area contributed by atoms with Crippen LogP contribution in [0.25, 0.3) is 0 Å². The summed E-state index contributed by atoms with van der Waals surface area (Å²) in [5.74, 6) is 0.0925. The molecule has 1 heterocycles. The molecule has 0 unspecified atom stereocenters. The van der Waals surface area contributed by atoms with Crippen LogP contribution in [0.15, 0.2) is 30.3 Å². The average Bonchev–Trinajstić information content (AvgIpc) is 2.48. The number of Topliss-reactive ketones (excluding diaryl/α,β-unsaturated/α-hetero) is 1. The van der Waals surface area contributed by atoms with Crippen LogP contribution in [0.5, 0.6) is 0 Å². The third-order valence-electron chi connectivity index (χ3n) is 3.51. The van der Waals surface area contributed by atoms with Crippen molar-refractivity contribution in [2.24, 2.45) is 0 Å². The van der Waals surface area contributed by atoms with Crippen molar-refractivity contribution in [3.8, 4) is 0 Å². The van der Waals surface area contributed by atoms with E-state index in [0.717, 1.165) is 18.4 Å². The van der Waals surface area contributed by atoms with Crippen molar-refractivity contribution in [3.05, 3.63) is 35.9 Å². The number of carbonyl (C=O) groups is 2. The molecule has 2 rings (SSSR count). The topological polar surface area (TPSA) is 46.6 Å². The van der Waals surface area contributed by atoms with Crippen LogP contribution in [0.1, 0.15) is 44.2 Å². The summed E-state index contributed by atoms with van der Waals surface area (Å²) >= 11 is 0. The van der Waals surface area contributed by atoms with Gasteiger partial charge in [0.1, 0.15) is 6.04 Å². The molecule has 1 aromatic carbocycles. The number of hydrogen-bond donors (Lipinski definition) is 0. The summed E-state index contributed by atoms with van der Waals surface area (Å²) in [6.07, 6.45) is 2.70. The van der Waals surface area contributed by atoms with Crippen LogP contribution in [0, 0.1) is 0 Å². The van der Waals surface area contributed by atoms with Gasteiger partial charge >= 0.3 is 6.09 Å². The predicted octanol–water partition coefficient (Wildman–Crippen LogP) is 3.33. The van der Waals surface area contributed by atoms with Crippen LogP contribution in [-0.4, -0.2) is 29.9 Å². The van der Waals surface area contributed by atoms with E-state index in [-0.39, 0.29) is 11.9 Å². The summed E-state index contributed by atoms with van der Waals surface area (Å²) in [4.78, 5) is 25.9. The van der Waals surface area contributed by atoms with E-state index in [2.05, 4.69) is 0 Å². The van der Waals surface area contributed by atoms with Gasteiger partial charge in [-0.2, -0.15) is 0 Å². The van der Waals surface area contributed by atoms with Crippen molar-refractivity contribution in [2.45, 2.75) is 38.6 Å². The molecule has 0 bridgehead atoms. The van der Waals surface area contributed by atoms with Crippen LogP contribution in [0.2, 0.25) is 0 Å². The molecule has 4 nitrogen and oxygen atoms in total. The Hall–Kier alpha value is -1.84. The molecule has 1 saturated heterocycles. The first-order valence-corrected chi connectivity index (χ1v) is 7.25. The highest BCUT2D eigenvalue weighted by atomic mass is 16.6. The Morgan fingerprint density at radius 2 is 2.10 bits per heavy atom. The molecule has 4 heteroatoms. The number of rotatable bonds is 4. The van der Waals surface area contributed by atoms with Gasteiger partial charge in [-0.25, -0.2) is 4.79 Å². The zero-order valence-corrected chi connectivity index (χ0v) is 11.9. The van der Waals surface area contributed by atoms with E-state index < -0.39 is 6.04 Å². The van der Waals surface area contributed by atoms with Gasteiger partial charge in [-0.15, -0.1) is 0 Å². The molecule has 108 valence electrons. The van der Waals surface area contributed by atoms with Gasteiger partial charge in [-0.05, 0) is 18.4 Å². The Morgan fingerprint density at radius 1 is 1.35 bits per heavy atom. The SMILES string of the molecule is CCCCOC(=O)N1CCCC(=O)[C@H]1c1ccccc1. The minimum atomic E-state index is -0.487. The molecule has 1 aromatic rings. The number of carbonyl (C=O) groups excluding carboxylic acids is 2. The highest BCUT2D eigenvalue weighted by Crippen LogP contribution is 2.28. The average molecular weight is 275 g/mol. The van der Waals surface area contributed by atoms with Gasteiger partial charge in [0.2, 0.25) is 0 Å². The molecular weight excluding hydrogens is 254 g/mol. The number of likely N-dealkylation sites (tertiary alicyclic amines) is 1. The highest BCUT2D eigenvalue weighted by Gasteiger charge is 2.34. The van der Waals surface area contributed by atoms with Gasteiger partial charge in [0.05, 0.1) is 6.61 Å². The Kier molecular flexibility index (Phi) is 5.16. The maximum atomic E-state index is 12.2. The standard InChI is InChI=1S/C16H21NO3/c1-2-3-12-20-16(19)17-11-7-10-14(18)15(17)13-8-5-4-6-9-13/h4-6,8-9,15H,2-3,7,10-12H2,1H3/t15-/m1/s1. The fourth-order valence-corrected chi connectivity index (χ4v) is 2.45. The number of hydrogen-bond acceptors (Lipinski definition) is 3. The van der Waals surface area contributed by atoms with Gasteiger partial charge in [-0.3, -0.25) is 9.69 Å². The third-order valence-corrected chi connectivity index (χ3v) is 3.51. The summed E-state index contributed by atoms with van der Waals surface area (Å²) in [5.41, 5.74) is 0.865. The Bertz CT molecular complexity index is 458. The number of piperidine rings is 1. The molecule has 0 aliphatic carbocycles. The van der Waals surface area contributed by atoms with E-state index in [1.54, 1.807) is 4.90 Å². The minimum Gasteiger partial charge on any atom is -0.449 e. The lowest BCUT2D eigenvalue weighted by atomic mass is 9.94. The molecule has 1 atom stereocenters. The molecule has 1 fully saturated rings. The second-order valence-electron chi connectivity index (χ2n) is 5.04. The van der Waals surface area contributed by atoms with E-state index in [4.69, 9.17) is 4.74 Å². The van der Waals surface area contributed by atoms with E-state index in [1.807, 2.05) is 37.3 Å².